The number of anilines is 1. The number of nitrogens with one attached hydrogen (secondary N) is 2. The summed E-state index contributed by atoms with van der Waals surface area (Å²) in [6.45, 7) is 13.6. The second-order valence-electron chi connectivity index (χ2n) is 11.1. The second-order valence-corrected chi connectivity index (χ2v) is 12.2. The second kappa shape index (κ2) is 11.2. The van der Waals surface area contributed by atoms with Crippen molar-refractivity contribution in [3.05, 3.63) is 56.4 Å². The lowest BCUT2D eigenvalue weighted by Gasteiger charge is -2.33. The average molecular weight is 509 g/mol. The van der Waals surface area contributed by atoms with E-state index in [0.717, 1.165) is 49.0 Å². The molecule has 36 heavy (non-hydrogen) atoms. The van der Waals surface area contributed by atoms with Crippen LogP contribution in [0.5, 0.6) is 0 Å². The van der Waals surface area contributed by atoms with Gasteiger partial charge in [-0.25, -0.2) is 4.98 Å². The third-order valence-electron chi connectivity index (χ3n) is 7.46. The smallest absolute Gasteiger partial charge is 0.259 e. The summed E-state index contributed by atoms with van der Waals surface area (Å²) in [6, 6.07) is 8.51. The third-order valence-corrected chi connectivity index (χ3v) is 8.61. The van der Waals surface area contributed by atoms with Crippen LogP contribution in [-0.4, -0.2) is 35.5 Å². The fraction of sp³-hybridized carbons (Fsp3) is 0.552. The van der Waals surface area contributed by atoms with Gasteiger partial charge in [-0.1, -0.05) is 32.9 Å². The van der Waals surface area contributed by atoms with E-state index in [1.165, 1.54) is 21.7 Å². The Morgan fingerprint density at radius 3 is 2.83 bits per heavy atom. The lowest BCUT2D eigenvalue weighted by molar-refractivity contribution is -0.121. The van der Waals surface area contributed by atoms with E-state index in [4.69, 9.17) is 4.98 Å². The van der Waals surface area contributed by atoms with Gasteiger partial charge in [0.25, 0.3) is 5.56 Å². The SMILES string of the molecule is CCN(CCCNC(=O)CCc1nc2sc3c(c2c(=O)[nH]1)CC[C@H](C(C)(C)C)C3)c1cccc(C)c1. The van der Waals surface area contributed by atoms with E-state index in [2.05, 4.69) is 74.1 Å². The van der Waals surface area contributed by atoms with Gasteiger partial charge in [-0.2, -0.15) is 0 Å². The molecule has 0 saturated heterocycles. The number of carbonyl (C=O) groups excluding carboxylic acids is 1. The number of thiophene rings is 1. The quantitative estimate of drug-likeness (QED) is 0.379. The molecule has 1 aliphatic rings. The molecule has 194 valence electrons. The molecule has 0 aliphatic heterocycles. The summed E-state index contributed by atoms with van der Waals surface area (Å²) in [5.74, 6) is 1.22. The van der Waals surface area contributed by atoms with Crippen LogP contribution in [0.1, 0.15) is 68.8 Å². The normalized spacial score (nSPS) is 15.6. The highest BCUT2D eigenvalue weighted by molar-refractivity contribution is 7.18. The van der Waals surface area contributed by atoms with Crippen LogP contribution in [0.4, 0.5) is 5.69 Å². The van der Waals surface area contributed by atoms with Crippen LogP contribution in [0.15, 0.2) is 29.1 Å². The van der Waals surface area contributed by atoms with E-state index in [1.54, 1.807) is 11.3 Å². The van der Waals surface area contributed by atoms with Crippen molar-refractivity contribution in [2.24, 2.45) is 11.3 Å². The summed E-state index contributed by atoms with van der Waals surface area (Å²) in [5.41, 5.74) is 3.87. The summed E-state index contributed by atoms with van der Waals surface area (Å²) >= 11 is 1.67. The summed E-state index contributed by atoms with van der Waals surface area (Å²) < 4.78 is 0. The lowest BCUT2D eigenvalue weighted by Crippen LogP contribution is -2.30. The molecule has 1 atom stereocenters. The highest BCUT2D eigenvalue weighted by atomic mass is 32.1. The van der Waals surface area contributed by atoms with Gasteiger partial charge in [-0.3, -0.25) is 9.59 Å². The van der Waals surface area contributed by atoms with Crippen LogP contribution in [-0.2, 0) is 24.1 Å². The molecule has 0 radical (unpaired) electrons. The van der Waals surface area contributed by atoms with Crippen molar-refractivity contribution < 1.29 is 4.79 Å². The Morgan fingerprint density at radius 1 is 1.31 bits per heavy atom. The predicted molar refractivity (Wildman–Crippen MR) is 150 cm³/mol. The molecule has 0 saturated carbocycles. The predicted octanol–water partition coefficient (Wildman–Crippen LogP) is 5.41. The molecule has 4 rings (SSSR count). The zero-order valence-corrected chi connectivity index (χ0v) is 23.2. The fourth-order valence-electron chi connectivity index (χ4n) is 5.20. The molecule has 0 bridgehead atoms. The van der Waals surface area contributed by atoms with Gasteiger partial charge in [0.1, 0.15) is 10.7 Å². The van der Waals surface area contributed by atoms with E-state index in [9.17, 15) is 9.59 Å². The zero-order valence-electron chi connectivity index (χ0n) is 22.4. The zero-order chi connectivity index (χ0) is 25.9. The van der Waals surface area contributed by atoms with Crippen molar-refractivity contribution >= 4 is 33.1 Å². The standard InChI is InChI=1S/C29H40N4O2S/c1-6-33(21-10-7-9-19(2)17-21)16-8-15-30-25(34)14-13-24-31-27(35)26-22-12-11-20(29(3,4)5)18-23(22)36-28(26)32-24/h7,9-10,17,20H,6,8,11-16,18H2,1-5H3,(H,30,34)(H,31,32,35)/t20-/m0/s1. The molecule has 0 unspecified atom stereocenters. The van der Waals surface area contributed by atoms with Crippen LogP contribution in [0.2, 0.25) is 0 Å². The summed E-state index contributed by atoms with van der Waals surface area (Å²) in [7, 11) is 0. The minimum absolute atomic E-state index is 0.00478. The Hall–Kier alpha value is -2.67. The van der Waals surface area contributed by atoms with E-state index in [-0.39, 0.29) is 16.9 Å². The molecule has 2 heterocycles. The number of hydrogen-bond donors (Lipinski definition) is 2. The highest BCUT2D eigenvalue weighted by Gasteiger charge is 2.31. The van der Waals surface area contributed by atoms with Crippen LogP contribution in [0.3, 0.4) is 0 Å². The van der Waals surface area contributed by atoms with Crippen molar-refractivity contribution in [1.29, 1.82) is 0 Å². The molecule has 1 aliphatic carbocycles. The number of fused-ring (bicyclic) bond motifs is 3. The van der Waals surface area contributed by atoms with Crippen molar-refractivity contribution in [3.8, 4) is 0 Å². The number of nitrogens with zero attached hydrogens (tertiary/aromatic N) is 2. The van der Waals surface area contributed by atoms with Crippen LogP contribution < -0.4 is 15.8 Å². The Morgan fingerprint density at radius 2 is 2.11 bits per heavy atom. The van der Waals surface area contributed by atoms with E-state index >= 15 is 0 Å². The van der Waals surface area contributed by atoms with Gasteiger partial charge < -0.3 is 15.2 Å². The number of aryl methyl sites for hydroxylation is 3. The minimum atomic E-state index is -0.0575. The number of amides is 1. The molecule has 1 amide bonds. The first kappa shape index (κ1) is 26.4. The molecular weight excluding hydrogens is 468 g/mol. The van der Waals surface area contributed by atoms with Crippen LogP contribution in [0, 0.1) is 18.3 Å². The van der Waals surface area contributed by atoms with Gasteiger partial charge in [0.15, 0.2) is 0 Å². The molecule has 6 nitrogen and oxygen atoms in total. The van der Waals surface area contributed by atoms with Crippen LogP contribution in [0.25, 0.3) is 10.2 Å². The van der Waals surface area contributed by atoms with E-state index in [1.807, 2.05) is 0 Å². The summed E-state index contributed by atoms with van der Waals surface area (Å²) in [5, 5.41) is 3.79. The Balaban J connectivity index is 1.29. The van der Waals surface area contributed by atoms with Crippen molar-refractivity contribution in [2.45, 2.75) is 73.1 Å². The number of aromatic amines is 1. The van der Waals surface area contributed by atoms with Gasteiger partial charge in [-0.15, -0.1) is 11.3 Å². The number of hydrogen-bond acceptors (Lipinski definition) is 5. The Bertz CT molecular complexity index is 1270. The number of rotatable bonds is 9. The molecule has 0 fully saturated rings. The third kappa shape index (κ3) is 6.17. The maximum absolute atomic E-state index is 12.9. The van der Waals surface area contributed by atoms with Crippen molar-refractivity contribution in [1.82, 2.24) is 15.3 Å². The number of H-pyrrole nitrogens is 1. The number of aromatic nitrogens is 2. The molecular formula is C29H40N4O2S. The van der Waals surface area contributed by atoms with Crippen LogP contribution >= 0.6 is 11.3 Å². The fourth-order valence-corrected chi connectivity index (χ4v) is 6.52. The largest absolute Gasteiger partial charge is 0.372 e. The van der Waals surface area contributed by atoms with Gasteiger partial charge in [0.2, 0.25) is 5.91 Å². The maximum Gasteiger partial charge on any atom is 0.259 e. The monoisotopic (exact) mass is 508 g/mol. The van der Waals surface area contributed by atoms with E-state index < -0.39 is 0 Å². The molecule has 7 heteroatoms. The van der Waals surface area contributed by atoms with Crippen molar-refractivity contribution in [2.75, 3.05) is 24.5 Å². The maximum atomic E-state index is 12.9. The van der Waals surface area contributed by atoms with Gasteiger partial charge in [0.05, 0.1) is 5.39 Å². The topological polar surface area (TPSA) is 78.1 Å². The molecule has 2 N–H and O–H groups in total. The van der Waals surface area contributed by atoms with Gasteiger partial charge in [-0.05, 0) is 74.1 Å². The number of benzene rings is 1. The van der Waals surface area contributed by atoms with Gasteiger partial charge in [0, 0.05) is 43.0 Å². The lowest BCUT2D eigenvalue weighted by atomic mass is 9.72. The Labute approximate surface area is 218 Å². The first-order valence-corrected chi connectivity index (χ1v) is 14.1. The minimum Gasteiger partial charge on any atom is -0.372 e. The van der Waals surface area contributed by atoms with Gasteiger partial charge >= 0.3 is 0 Å². The Kier molecular flexibility index (Phi) is 8.18. The first-order valence-electron chi connectivity index (χ1n) is 13.3. The molecule has 0 spiro atoms. The molecule has 1 aromatic carbocycles. The summed E-state index contributed by atoms with van der Waals surface area (Å²) in [4.78, 5) is 37.5. The highest BCUT2D eigenvalue weighted by Crippen LogP contribution is 2.42. The van der Waals surface area contributed by atoms with E-state index in [0.29, 0.717) is 31.1 Å². The number of carbonyl (C=O) groups is 1. The summed E-state index contributed by atoms with van der Waals surface area (Å²) in [6.07, 6.45) is 4.73. The van der Waals surface area contributed by atoms with Crippen molar-refractivity contribution in [3.63, 3.8) is 0 Å². The average Bonchev–Trinajstić information content (AvgIpc) is 3.20. The molecule has 3 aromatic rings. The molecule has 2 aromatic heterocycles. The first-order chi connectivity index (χ1) is 17.2.